The normalized spacial score (nSPS) is 10.6. The third-order valence-electron chi connectivity index (χ3n) is 4.63. The molecule has 0 unspecified atom stereocenters. The van der Waals surface area contributed by atoms with E-state index >= 15 is 0 Å². The molecule has 0 saturated heterocycles. The summed E-state index contributed by atoms with van der Waals surface area (Å²) in [5, 5.41) is 0. The summed E-state index contributed by atoms with van der Waals surface area (Å²) in [6.07, 6.45) is 4.39. The van der Waals surface area contributed by atoms with Crippen LogP contribution in [0.15, 0.2) is 67.0 Å². The van der Waals surface area contributed by atoms with Gasteiger partial charge in [0.1, 0.15) is 18.1 Å². The fourth-order valence-corrected chi connectivity index (χ4v) is 2.97. The molecule has 3 aromatic rings. The molecular formula is C22H25N3O2. The molecule has 0 N–H and O–H groups in total. The number of rotatable bonds is 8. The van der Waals surface area contributed by atoms with Crippen LogP contribution in [-0.4, -0.2) is 34.0 Å². The van der Waals surface area contributed by atoms with Crippen molar-refractivity contribution in [2.24, 2.45) is 0 Å². The van der Waals surface area contributed by atoms with Gasteiger partial charge in [-0.3, -0.25) is 4.79 Å². The van der Waals surface area contributed by atoms with Crippen molar-refractivity contribution in [1.82, 2.24) is 14.5 Å². The molecule has 1 aromatic heterocycles. The maximum atomic E-state index is 13.0. The fraction of sp³-hybridized carbons (Fsp3) is 0.273. The van der Waals surface area contributed by atoms with Gasteiger partial charge < -0.3 is 14.2 Å². The maximum Gasteiger partial charge on any atom is 0.242 e. The molecule has 1 amide bonds. The first-order valence-electron chi connectivity index (χ1n) is 9.08. The molecular weight excluding hydrogens is 338 g/mol. The van der Waals surface area contributed by atoms with Gasteiger partial charge >= 0.3 is 0 Å². The molecule has 1 heterocycles. The van der Waals surface area contributed by atoms with E-state index in [9.17, 15) is 4.79 Å². The van der Waals surface area contributed by atoms with E-state index in [1.54, 1.807) is 13.3 Å². The molecule has 0 spiro atoms. The van der Waals surface area contributed by atoms with E-state index in [1.165, 1.54) is 5.56 Å². The minimum atomic E-state index is 0.0860. The molecule has 5 nitrogen and oxygen atoms in total. The van der Waals surface area contributed by atoms with E-state index in [4.69, 9.17) is 4.74 Å². The van der Waals surface area contributed by atoms with E-state index in [2.05, 4.69) is 17.1 Å². The van der Waals surface area contributed by atoms with Crippen LogP contribution in [0.1, 0.15) is 17.0 Å². The number of methoxy groups -OCH3 is 1. The lowest BCUT2D eigenvalue weighted by Gasteiger charge is -2.24. The van der Waals surface area contributed by atoms with Crippen LogP contribution in [0.5, 0.6) is 5.75 Å². The number of imidazole rings is 1. The molecule has 3 rings (SSSR count). The number of carbonyl (C=O) groups excluding carboxylic acids is 1. The standard InChI is InChI=1S/C22H25N3O2/c1-18-23-13-15-24(18)17-22(26)25(14-12-19-6-4-3-5-7-19)16-20-8-10-21(27-2)11-9-20/h3-11,13,15H,12,14,16-17H2,1-2H3. The molecule has 2 aromatic carbocycles. The van der Waals surface area contributed by atoms with Crippen LogP contribution in [0.4, 0.5) is 0 Å². The summed E-state index contributed by atoms with van der Waals surface area (Å²) >= 11 is 0. The Bertz CT molecular complexity index is 857. The van der Waals surface area contributed by atoms with Crippen molar-refractivity contribution < 1.29 is 9.53 Å². The number of aryl methyl sites for hydroxylation is 1. The lowest BCUT2D eigenvalue weighted by Crippen LogP contribution is -2.35. The summed E-state index contributed by atoms with van der Waals surface area (Å²) in [6.45, 7) is 3.45. The van der Waals surface area contributed by atoms with Gasteiger partial charge in [-0.25, -0.2) is 4.98 Å². The SMILES string of the molecule is COc1ccc(CN(CCc2ccccc2)C(=O)Cn2ccnc2C)cc1. The fourth-order valence-electron chi connectivity index (χ4n) is 2.97. The third-order valence-corrected chi connectivity index (χ3v) is 4.63. The summed E-state index contributed by atoms with van der Waals surface area (Å²) in [5.41, 5.74) is 2.31. The van der Waals surface area contributed by atoms with Crippen molar-refractivity contribution in [3.05, 3.63) is 83.9 Å². The van der Waals surface area contributed by atoms with Crippen LogP contribution >= 0.6 is 0 Å². The van der Waals surface area contributed by atoms with Gasteiger partial charge in [0.25, 0.3) is 0 Å². The van der Waals surface area contributed by atoms with Crippen LogP contribution in [0.2, 0.25) is 0 Å². The van der Waals surface area contributed by atoms with Crippen molar-refractivity contribution in [3.63, 3.8) is 0 Å². The Morgan fingerprint density at radius 3 is 2.44 bits per heavy atom. The molecule has 0 saturated carbocycles. The van der Waals surface area contributed by atoms with Crippen molar-refractivity contribution in [2.75, 3.05) is 13.7 Å². The van der Waals surface area contributed by atoms with Crippen LogP contribution in [0, 0.1) is 6.92 Å². The number of carbonyl (C=O) groups is 1. The highest BCUT2D eigenvalue weighted by atomic mass is 16.5. The van der Waals surface area contributed by atoms with E-state index in [1.807, 2.05) is 65.1 Å². The minimum absolute atomic E-state index is 0.0860. The summed E-state index contributed by atoms with van der Waals surface area (Å²) in [5.74, 6) is 1.74. The topological polar surface area (TPSA) is 47.4 Å². The zero-order chi connectivity index (χ0) is 19.1. The van der Waals surface area contributed by atoms with E-state index < -0.39 is 0 Å². The Kier molecular flexibility index (Phi) is 6.26. The van der Waals surface area contributed by atoms with E-state index in [0.29, 0.717) is 19.6 Å². The maximum absolute atomic E-state index is 13.0. The van der Waals surface area contributed by atoms with Gasteiger partial charge in [0.2, 0.25) is 5.91 Å². The summed E-state index contributed by atoms with van der Waals surface area (Å²) in [7, 11) is 1.65. The molecule has 0 aliphatic rings. The highest BCUT2D eigenvalue weighted by molar-refractivity contribution is 5.76. The van der Waals surface area contributed by atoms with Gasteiger partial charge in [0, 0.05) is 25.5 Å². The van der Waals surface area contributed by atoms with Gasteiger partial charge in [-0.1, -0.05) is 42.5 Å². The largest absolute Gasteiger partial charge is 0.497 e. The van der Waals surface area contributed by atoms with E-state index in [0.717, 1.165) is 23.6 Å². The quantitative estimate of drug-likeness (QED) is 0.616. The lowest BCUT2D eigenvalue weighted by molar-refractivity contribution is -0.132. The first-order chi connectivity index (χ1) is 13.2. The molecule has 5 heteroatoms. The van der Waals surface area contributed by atoms with E-state index in [-0.39, 0.29) is 5.91 Å². The predicted octanol–water partition coefficient (Wildman–Crippen LogP) is 3.47. The van der Waals surface area contributed by atoms with Crippen LogP contribution in [0.3, 0.4) is 0 Å². The monoisotopic (exact) mass is 363 g/mol. The van der Waals surface area contributed by atoms with Crippen molar-refractivity contribution in [3.8, 4) is 5.75 Å². The zero-order valence-corrected chi connectivity index (χ0v) is 15.8. The average molecular weight is 363 g/mol. The molecule has 27 heavy (non-hydrogen) atoms. The Balaban J connectivity index is 1.72. The number of nitrogens with zero attached hydrogens (tertiary/aromatic N) is 3. The highest BCUT2D eigenvalue weighted by Crippen LogP contribution is 2.14. The second-order valence-corrected chi connectivity index (χ2v) is 6.50. The Morgan fingerprint density at radius 2 is 1.81 bits per heavy atom. The first-order valence-corrected chi connectivity index (χ1v) is 9.08. The molecule has 0 bridgehead atoms. The average Bonchev–Trinajstić information content (AvgIpc) is 3.10. The number of aromatic nitrogens is 2. The van der Waals surface area contributed by atoms with Crippen LogP contribution in [0.25, 0.3) is 0 Å². The first kappa shape index (κ1) is 18.7. The predicted molar refractivity (Wildman–Crippen MR) is 106 cm³/mol. The third kappa shape index (κ3) is 5.20. The summed E-state index contributed by atoms with van der Waals surface area (Å²) < 4.78 is 7.10. The molecule has 0 atom stereocenters. The highest BCUT2D eigenvalue weighted by Gasteiger charge is 2.15. The number of ether oxygens (including phenoxy) is 1. The lowest BCUT2D eigenvalue weighted by atomic mass is 10.1. The van der Waals surface area contributed by atoms with Crippen molar-refractivity contribution in [2.45, 2.75) is 26.4 Å². The second-order valence-electron chi connectivity index (χ2n) is 6.50. The van der Waals surface area contributed by atoms with Gasteiger partial charge in [-0.2, -0.15) is 0 Å². The zero-order valence-electron chi connectivity index (χ0n) is 15.8. The molecule has 0 aliphatic carbocycles. The van der Waals surface area contributed by atoms with Gasteiger partial charge in [-0.15, -0.1) is 0 Å². The van der Waals surface area contributed by atoms with Crippen molar-refractivity contribution in [1.29, 1.82) is 0 Å². The van der Waals surface area contributed by atoms with Crippen molar-refractivity contribution >= 4 is 5.91 Å². The number of benzene rings is 2. The Hall–Kier alpha value is -3.08. The molecule has 140 valence electrons. The van der Waals surface area contributed by atoms with Gasteiger partial charge in [0.05, 0.1) is 7.11 Å². The minimum Gasteiger partial charge on any atom is -0.497 e. The van der Waals surface area contributed by atoms with Crippen LogP contribution in [-0.2, 0) is 24.3 Å². The van der Waals surface area contributed by atoms with Gasteiger partial charge in [-0.05, 0) is 36.6 Å². The van der Waals surface area contributed by atoms with Crippen LogP contribution < -0.4 is 4.74 Å². The number of hydrogen-bond donors (Lipinski definition) is 0. The number of amides is 1. The Morgan fingerprint density at radius 1 is 1.07 bits per heavy atom. The summed E-state index contributed by atoms with van der Waals surface area (Å²) in [4.78, 5) is 19.1. The second kappa shape index (κ2) is 9.03. The molecule has 0 aliphatic heterocycles. The molecule has 0 fully saturated rings. The van der Waals surface area contributed by atoms with Gasteiger partial charge in [0.15, 0.2) is 0 Å². The smallest absolute Gasteiger partial charge is 0.242 e. The molecule has 0 radical (unpaired) electrons. The summed E-state index contributed by atoms with van der Waals surface area (Å²) in [6, 6.07) is 18.1. The Labute approximate surface area is 160 Å². The number of hydrogen-bond acceptors (Lipinski definition) is 3.